The van der Waals surface area contributed by atoms with Crippen LogP contribution in [0.15, 0.2) is 0 Å². The minimum atomic E-state index is -0.591. The Kier molecular flexibility index (Phi) is 4.13. The summed E-state index contributed by atoms with van der Waals surface area (Å²) in [5, 5.41) is 3.33. The highest BCUT2D eigenvalue weighted by atomic mass is 32.1. The fraction of sp³-hybridized carbons (Fsp3) is 0.571. The normalized spacial score (nSPS) is 17.6. The van der Waals surface area contributed by atoms with E-state index in [4.69, 9.17) is 11.5 Å². The van der Waals surface area contributed by atoms with Crippen LogP contribution in [0.4, 0.5) is 10.7 Å². The minimum Gasteiger partial charge on any atom is -0.397 e. The number of nitrogen functional groups attached to an aromatic ring is 1. The van der Waals surface area contributed by atoms with Crippen LogP contribution in [0.25, 0.3) is 0 Å². The molecule has 1 saturated heterocycles. The van der Waals surface area contributed by atoms with Crippen LogP contribution in [0, 0.1) is 5.41 Å². The van der Waals surface area contributed by atoms with E-state index in [0.29, 0.717) is 11.0 Å². The summed E-state index contributed by atoms with van der Waals surface area (Å²) in [6.45, 7) is 6.16. The SMILES string of the molecule is CNC(=O)c1c(N2CCC(C)(C)CC2)sc(C(N)=O)c1N. The van der Waals surface area contributed by atoms with E-state index in [1.54, 1.807) is 7.05 Å². The first-order chi connectivity index (χ1) is 9.76. The minimum absolute atomic E-state index is 0.187. The van der Waals surface area contributed by atoms with Gasteiger partial charge in [-0.05, 0) is 18.3 Å². The van der Waals surface area contributed by atoms with Crippen LogP contribution >= 0.6 is 11.3 Å². The number of piperidine rings is 1. The van der Waals surface area contributed by atoms with Gasteiger partial charge in [-0.3, -0.25) is 9.59 Å². The van der Waals surface area contributed by atoms with Gasteiger partial charge in [0.05, 0.1) is 11.3 Å². The quantitative estimate of drug-likeness (QED) is 0.785. The Morgan fingerprint density at radius 1 is 1.29 bits per heavy atom. The zero-order chi connectivity index (χ0) is 15.8. The summed E-state index contributed by atoms with van der Waals surface area (Å²) >= 11 is 1.21. The molecule has 0 aromatic carbocycles. The Balaban J connectivity index is 2.41. The topological polar surface area (TPSA) is 101 Å². The van der Waals surface area contributed by atoms with Gasteiger partial charge in [0.15, 0.2) is 0 Å². The number of carbonyl (C=O) groups is 2. The van der Waals surface area contributed by atoms with E-state index in [1.165, 1.54) is 11.3 Å². The molecule has 1 aliphatic heterocycles. The summed E-state index contributed by atoms with van der Waals surface area (Å²) in [6, 6.07) is 0. The number of thiophene rings is 1. The van der Waals surface area contributed by atoms with Gasteiger partial charge in [-0.2, -0.15) is 0 Å². The summed E-state index contributed by atoms with van der Waals surface area (Å²) in [6.07, 6.45) is 2.06. The zero-order valence-corrected chi connectivity index (χ0v) is 13.5. The van der Waals surface area contributed by atoms with Crippen LogP contribution in [0.2, 0.25) is 0 Å². The molecule has 0 bridgehead atoms. The van der Waals surface area contributed by atoms with Crippen molar-refractivity contribution in [2.75, 3.05) is 30.8 Å². The molecule has 0 atom stereocenters. The third kappa shape index (κ3) is 2.97. The second-order valence-corrected chi connectivity index (χ2v) is 7.12. The molecular weight excluding hydrogens is 288 g/mol. The smallest absolute Gasteiger partial charge is 0.260 e. The molecule has 7 heteroatoms. The molecule has 1 aliphatic rings. The van der Waals surface area contributed by atoms with Crippen molar-refractivity contribution in [2.45, 2.75) is 26.7 Å². The first-order valence-electron chi connectivity index (χ1n) is 6.96. The molecule has 21 heavy (non-hydrogen) atoms. The van der Waals surface area contributed by atoms with Crippen LogP contribution in [-0.2, 0) is 0 Å². The Morgan fingerprint density at radius 2 is 1.86 bits per heavy atom. The first kappa shape index (κ1) is 15.6. The van der Waals surface area contributed by atoms with E-state index >= 15 is 0 Å². The highest BCUT2D eigenvalue weighted by Crippen LogP contribution is 2.41. The van der Waals surface area contributed by atoms with Crippen molar-refractivity contribution in [1.29, 1.82) is 0 Å². The van der Waals surface area contributed by atoms with Gasteiger partial charge in [0.2, 0.25) is 0 Å². The van der Waals surface area contributed by atoms with Crippen molar-refractivity contribution in [2.24, 2.45) is 11.1 Å². The fourth-order valence-electron chi connectivity index (χ4n) is 2.50. The Hall–Kier alpha value is -1.76. The fourth-order valence-corrected chi connectivity index (χ4v) is 3.62. The van der Waals surface area contributed by atoms with Crippen LogP contribution < -0.4 is 21.7 Å². The van der Waals surface area contributed by atoms with Gasteiger partial charge in [0, 0.05) is 20.1 Å². The van der Waals surface area contributed by atoms with Crippen molar-refractivity contribution in [3.05, 3.63) is 10.4 Å². The maximum atomic E-state index is 12.1. The molecule has 0 saturated carbocycles. The lowest BCUT2D eigenvalue weighted by molar-refractivity contribution is 0.0964. The van der Waals surface area contributed by atoms with Crippen molar-refractivity contribution in [1.82, 2.24) is 5.32 Å². The Morgan fingerprint density at radius 3 is 2.33 bits per heavy atom. The molecule has 116 valence electrons. The number of hydrogen-bond donors (Lipinski definition) is 3. The monoisotopic (exact) mass is 310 g/mol. The highest BCUT2D eigenvalue weighted by Gasteiger charge is 2.31. The second kappa shape index (κ2) is 5.55. The molecule has 0 unspecified atom stereocenters. The number of anilines is 2. The van der Waals surface area contributed by atoms with Gasteiger partial charge < -0.3 is 21.7 Å². The van der Waals surface area contributed by atoms with Crippen LogP contribution in [0.1, 0.15) is 46.7 Å². The second-order valence-electron chi connectivity index (χ2n) is 6.12. The standard InChI is InChI=1S/C14H22N4O2S/c1-14(2)4-6-18(7-5-14)13-8(12(20)17-3)9(15)10(21-13)11(16)19/h4-7,15H2,1-3H3,(H2,16,19)(H,17,20). The molecule has 0 radical (unpaired) electrons. The summed E-state index contributed by atoms with van der Waals surface area (Å²) in [4.78, 5) is 26.0. The number of primary amides is 1. The number of rotatable bonds is 3. The molecular formula is C14H22N4O2S. The van der Waals surface area contributed by atoms with Crippen molar-refractivity contribution in [3.63, 3.8) is 0 Å². The number of nitrogens with two attached hydrogens (primary N) is 2. The predicted octanol–water partition coefficient (Wildman–Crippen LogP) is 1.42. The van der Waals surface area contributed by atoms with Crippen LogP contribution in [0.5, 0.6) is 0 Å². The van der Waals surface area contributed by atoms with Gasteiger partial charge >= 0.3 is 0 Å². The molecule has 5 N–H and O–H groups in total. The highest BCUT2D eigenvalue weighted by molar-refractivity contribution is 7.19. The molecule has 1 aromatic heterocycles. The van der Waals surface area contributed by atoms with E-state index in [1.807, 2.05) is 0 Å². The first-order valence-corrected chi connectivity index (χ1v) is 7.77. The summed E-state index contributed by atoms with van der Waals surface area (Å²) < 4.78 is 0. The Labute approximate surface area is 128 Å². The molecule has 2 amide bonds. The molecule has 1 aromatic rings. The van der Waals surface area contributed by atoms with E-state index in [9.17, 15) is 9.59 Å². The lowest BCUT2D eigenvalue weighted by atomic mass is 9.83. The van der Waals surface area contributed by atoms with E-state index < -0.39 is 5.91 Å². The maximum Gasteiger partial charge on any atom is 0.260 e. The molecule has 2 rings (SSSR count). The van der Waals surface area contributed by atoms with Crippen LogP contribution in [0.3, 0.4) is 0 Å². The number of hydrogen-bond acceptors (Lipinski definition) is 5. The predicted molar refractivity (Wildman–Crippen MR) is 85.9 cm³/mol. The van der Waals surface area contributed by atoms with Gasteiger partial charge in [-0.25, -0.2) is 0 Å². The van der Waals surface area contributed by atoms with Gasteiger partial charge in [-0.1, -0.05) is 13.8 Å². The Bertz CT molecular complexity index is 570. The van der Waals surface area contributed by atoms with E-state index in [0.717, 1.165) is 30.9 Å². The summed E-state index contributed by atoms with van der Waals surface area (Å²) in [5.41, 5.74) is 12.2. The number of nitrogens with one attached hydrogen (secondary N) is 1. The van der Waals surface area contributed by atoms with E-state index in [2.05, 4.69) is 24.1 Å². The largest absolute Gasteiger partial charge is 0.397 e. The molecule has 1 fully saturated rings. The van der Waals surface area contributed by atoms with Crippen molar-refractivity contribution >= 4 is 33.8 Å². The van der Waals surface area contributed by atoms with Gasteiger partial charge in [-0.15, -0.1) is 11.3 Å². The summed E-state index contributed by atoms with van der Waals surface area (Å²) in [5.74, 6) is -0.873. The van der Waals surface area contributed by atoms with Crippen molar-refractivity contribution < 1.29 is 9.59 Å². The number of amides is 2. The molecule has 2 heterocycles. The average Bonchev–Trinajstić information content (AvgIpc) is 2.75. The molecule has 0 aliphatic carbocycles. The number of nitrogens with zero attached hydrogens (tertiary/aromatic N) is 1. The van der Waals surface area contributed by atoms with Crippen molar-refractivity contribution in [3.8, 4) is 0 Å². The molecule has 0 spiro atoms. The zero-order valence-electron chi connectivity index (χ0n) is 12.7. The van der Waals surface area contributed by atoms with E-state index in [-0.39, 0.29) is 16.5 Å². The third-order valence-electron chi connectivity index (χ3n) is 4.01. The third-order valence-corrected chi connectivity index (χ3v) is 5.29. The lowest BCUT2D eigenvalue weighted by Crippen LogP contribution is -2.38. The number of carbonyl (C=O) groups excluding carboxylic acids is 2. The molecule has 6 nitrogen and oxygen atoms in total. The average molecular weight is 310 g/mol. The van der Waals surface area contributed by atoms with Gasteiger partial charge in [0.25, 0.3) is 11.8 Å². The lowest BCUT2D eigenvalue weighted by Gasteiger charge is -2.37. The summed E-state index contributed by atoms with van der Waals surface area (Å²) in [7, 11) is 1.55. The van der Waals surface area contributed by atoms with Crippen LogP contribution in [-0.4, -0.2) is 32.0 Å². The maximum absolute atomic E-state index is 12.1. The van der Waals surface area contributed by atoms with Gasteiger partial charge in [0.1, 0.15) is 9.88 Å².